The second kappa shape index (κ2) is 3.70. The Kier molecular flexibility index (Phi) is 2.83. The molecule has 0 aromatic carbocycles. The lowest BCUT2D eigenvalue weighted by atomic mass is 10.1. The lowest BCUT2D eigenvalue weighted by Crippen LogP contribution is -1.95. The molecule has 0 radical (unpaired) electrons. The van der Waals surface area contributed by atoms with Crippen LogP contribution in [0.3, 0.4) is 0 Å². The minimum atomic E-state index is -0.542. The number of rotatable bonds is 2. The van der Waals surface area contributed by atoms with Gasteiger partial charge in [-0.15, -0.1) is 0 Å². The SMILES string of the molecule is CC(C)c1cc(Cl)c([N+](=O)[O-])cn1. The van der Waals surface area contributed by atoms with Crippen LogP contribution in [0.4, 0.5) is 5.69 Å². The zero-order valence-electron chi connectivity index (χ0n) is 7.32. The van der Waals surface area contributed by atoms with E-state index in [4.69, 9.17) is 11.6 Å². The molecule has 1 rings (SSSR count). The Morgan fingerprint density at radius 2 is 2.23 bits per heavy atom. The second-order valence-corrected chi connectivity index (χ2v) is 3.38. The standard InChI is InChI=1S/C8H9ClN2O2/c1-5(2)7-3-6(9)8(4-10-7)11(12)13/h3-5H,1-2H3. The average Bonchev–Trinajstić information content (AvgIpc) is 2.03. The van der Waals surface area contributed by atoms with Gasteiger partial charge in [0.15, 0.2) is 0 Å². The molecule has 1 aromatic heterocycles. The molecule has 0 unspecified atom stereocenters. The van der Waals surface area contributed by atoms with E-state index in [-0.39, 0.29) is 16.6 Å². The molecule has 4 nitrogen and oxygen atoms in total. The third-order valence-corrected chi connectivity index (χ3v) is 1.95. The quantitative estimate of drug-likeness (QED) is 0.545. The topological polar surface area (TPSA) is 56.0 Å². The number of nitro groups is 1. The summed E-state index contributed by atoms with van der Waals surface area (Å²) in [4.78, 5) is 13.8. The molecule has 1 aromatic rings. The highest BCUT2D eigenvalue weighted by atomic mass is 35.5. The van der Waals surface area contributed by atoms with Crippen LogP contribution in [-0.4, -0.2) is 9.91 Å². The molecule has 5 heteroatoms. The first-order valence-electron chi connectivity index (χ1n) is 3.82. The first-order valence-corrected chi connectivity index (χ1v) is 4.20. The van der Waals surface area contributed by atoms with Crippen LogP contribution < -0.4 is 0 Å². The van der Waals surface area contributed by atoms with Crippen LogP contribution in [0, 0.1) is 10.1 Å². The Balaban J connectivity index is 3.13. The Bertz CT molecular complexity index is 339. The van der Waals surface area contributed by atoms with Crippen molar-refractivity contribution in [2.45, 2.75) is 19.8 Å². The van der Waals surface area contributed by atoms with Crippen molar-refractivity contribution in [3.8, 4) is 0 Å². The first-order chi connectivity index (χ1) is 6.02. The Hall–Kier alpha value is -1.16. The first kappa shape index (κ1) is 9.92. The fraction of sp³-hybridized carbons (Fsp3) is 0.375. The van der Waals surface area contributed by atoms with Crippen LogP contribution in [0.25, 0.3) is 0 Å². The van der Waals surface area contributed by atoms with Gasteiger partial charge in [0, 0.05) is 5.69 Å². The Labute approximate surface area is 80.7 Å². The maximum absolute atomic E-state index is 10.4. The van der Waals surface area contributed by atoms with E-state index in [0.29, 0.717) is 0 Å². The largest absolute Gasteiger partial charge is 0.306 e. The van der Waals surface area contributed by atoms with Crippen molar-refractivity contribution < 1.29 is 4.92 Å². The van der Waals surface area contributed by atoms with E-state index in [1.54, 1.807) is 0 Å². The van der Waals surface area contributed by atoms with Gasteiger partial charge in [-0.2, -0.15) is 0 Å². The highest BCUT2D eigenvalue weighted by molar-refractivity contribution is 6.32. The molecule has 0 aliphatic rings. The van der Waals surface area contributed by atoms with Crippen LogP contribution in [0.15, 0.2) is 12.3 Å². The zero-order chi connectivity index (χ0) is 10.0. The molecule has 13 heavy (non-hydrogen) atoms. The van der Waals surface area contributed by atoms with Gasteiger partial charge in [-0.25, -0.2) is 0 Å². The fourth-order valence-corrected chi connectivity index (χ4v) is 1.12. The van der Waals surface area contributed by atoms with Crippen LogP contribution in [-0.2, 0) is 0 Å². The third kappa shape index (κ3) is 2.15. The second-order valence-electron chi connectivity index (χ2n) is 2.97. The molecule has 0 saturated heterocycles. The van der Waals surface area contributed by atoms with Gasteiger partial charge >= 0.3 is 5.69 Å². The van der Waals surface area contributed by atoms with Gasteiger partial charge in [0.05, 0.1) is 4.92 Å². The molecule has 0 fully saturated rings. The van der Waals surface area contributed by atoms with Crippen molar-refractivity contribution in [2.24, 2.45) is 0 Å². The lowest BCUT2D eigenvalue weighted by molar-refractivity contribution is -0.385. The van der Waals surface area contributed by atoms with Crippen LogP contribution in [0.1, 0.15) is 25.5 Å². The maximum atomic E-state index is 10.4. The van der Waals surface area contributed by atoms with Gasteiger partial charge in [-0.05, 0) is 12.0 Å². The average molecular weight is 201 g/mol. The van der Waals surface area contributed by atoms with Crippen molar-refractivity contribution in [2.75, 3.05) is 0 Å². The van der Waals surface area contributed by atoms with Gasteiger partial charge in [-0.1, -0.05) is 25.4 Å². The number of nitrogens with zero attached hydrogens (tertiary/aromatic N) is 2. The number of aromatic nitrogens is 1. The van der Waals surface area contributed by atoms with Gasteiger partial charge in [0.25, 0.3) is 0 Å². The molecule has 0 saturated carbocycles. The summed E-state index contributed by atoms with van der Waals surface area (Å²) in [7, 11) is 0. The fourth-order valence-electron chi connectivity index (χ4n) is 0.888. The smallest absolute Gasteiger partial charge is 0.258 e. The number of halogens is 1. The van der Waals surface area contributed by atoms with Crippen LogP contribution >= 0.6 is 11.6 Å². The van der Waals surface area contributed by atoms with Gasteiger partial charge in [0.2, 0.25) is 0 Å². The van der Waals surface area contributed by atoms with Gasteiger partial charge in [-0.3, -0.25) is 15.1 Å². The van der Waals surface area contributed by atoms with E-state index >= 15 is 0 Å². The predicted octanol–water partition coefficient (Wildman–Crippen LogP) is 2.77. The summed E-state index contributed by atoms with van der Waals surface area (Å²) < 4.78 is 0. The molecule has 70 valence electrons. The van der Waals surface area contributed by atoms with Crippen molar-refractivity contribution in [3.63, 3.8) is 0 Å². The summed E-state index contributed by atoms with van der Waals surface area (Å²) in [6.45, 7) is 3.90. The summed E-state index contributed by atoms with van der Waals surface area (Å²) in [6.07, 6.45) is 1.19. The molecule has 0 atom stereocenters. The maximum Gasteiger partial charge on any atom is 0.306 e. The monoisotopic (exact) mass is 200 g/mol. The molecular weight excluding hydrogens is 192 g/mol. The molecule has 0 amide bonds. The highest BCUT2D eigenvalue weighted by Gasteiger charge is 2.14. The normalized spacial score (nSPS) is 10.5. The Morgan fingerprint density at radius 3 is 2.62 bits per heavy atom. The number of pyridine rings is 1. The van der Waals surface area contributed by atoms with E-state index in [1.807, 2.05) is 13.8 Å². The highest BCUT2D eigenvalue weighted by Crippen LogP contribution is 2.25. The van der Waals surface area contributed by atoms with Crippen molar-refractivity contribution in [1.29, 1.82) is 0 Å². The predicted molar refractivity (Wildman–Crippen MR) is 50.0 cm³/mol. The van der Waals surface area contributed by atoms with Crippen molar-refractivity contribution >= 4 is 17.3 Å². The zero-order valence-corrected chi connectivity index (χ0v) is 8.08. The van der Waals surface area contributed by atoms with Crippen molar-refractivity contribution in [3.05, 3.63) is 33.1 Å². The van der Waals surface area contributed by atoms with E-state index in [0.717, 1.165) is 5.69 Å². The lowest BCUT2D eigenvalue weighted by Gasteiger charge is -2.03. The summed E-state index contributed by atoms with van der Waals surface area (Å²) in [6, 6.07) is 1.53. The molecule has 0 aliphatic heterocycles. The summed E-state index contributed by atoms with van der Waals surface area (Å²) in [5.41, 5.74) is 0.613. The molecule has 1 heterocycles. The molecule has 0 spiro atoms. The van der Waals surface area contributed by atoms with Crippen molar-refractivity contribution in [1.82, 2.24) is 4.98 Å². The van der Waals surface area contributed by atoms with E-state index in [9.17, 15) is 10.1 Å². The summed E-state index contributed by atoms with van der Waals surface area (Å²) >= 11 is 5.69. The summed E-state index contributed by atoms with van der Waals surface area (Å²) in [5, 5.41) is 10.5. The molecular formula is C8H9ClN2O2. The van der Waals surface area contributed by atoms with E-state index in [2.05, 4.69) is 4.98 Å². The van der Waals surface area contributed by atoms with Crippen LogP contribution in [0.5, 0.6) is 0 Å². The van der Waals surface area contributed by atoms with Gasteiger partial charge in [0.1, 0.15) is 11.2 Å². The third-order valence-electron chi connectivity index (χ3n) is 1.64. The molecule has 0 N–H and O–H groups in total. The minimum Gasteiger partial charge on any atom is -0.258 e. The van der Waals surface area contributed by atoms with Crippen LogP contribution in [0.2, 0.25) is 5.02 Å². The molecule has 0 bridgehead atoms. The minimum absolute atomic E-state index is 0.142. The Morgan fingerprint density at radius 1 is 1.62 bits per heavy atom. The van der Waals surface area contributed by atoms with E-state index in [1.165, 1.54) is 12.3 Å². The van der Waals surface area contributed by atoms with E-state index < -0.39 is 4.92 Å². The summed E-state index contributed by atoms with van der Waals surface area (Å²) in [5.74, 6) is 0.221. The molecule has 0 aliphatic carbocycles. The number of hydrogen-bond acceptors (Lipinski definition) is 3. The van der Waals surface area contributed by atoms with Gasteiger partial charge < -0.3 is 0 Å². The number of hydrogen-bond donors (Lipinski definition) is 0.